The fourth-order valence-corrected chi connectivity index (χ4v) is 1.33. The predicted molar refractivity (Wildman–Crippen MR) is 75.8 cm³/mol. The number of carbonyl (C=O) groups is 1. The molecular weight excluding hydrogens is 260 g/mol. The van der Waals surface area contributed by atoms with Crippen molar-refractivity contribution in [2.24, 2.45) is 10.9 Å². The number of ether oxygens (including phenoxy) is 2. The van der Waals surface area contributed by atoms with Crippen LogP contribution in [0.15, 0.2) is 27.8 Å². The average molecular weight is 282 g/mol. The van der Waals surface area contributed by atoms with Crippen molar-refractivity contribution in [1.29, 1.82) is 0 Å². The van der Waals surface area contributed by atoms with Crippen molar-refractivity contribution in [1.82, 2.24) is 5.32 Å². The van der Waals surface area contributed by atoms with Crippen LogP contribution in [0.3, 0.4) is 0 Å². The van der Waals surface area contributed by atoms with Crippen molar-refractivity contribution in [2.45, 2.75) is 20.3 Å². The lowest BCUT2D eigenvalue weighted by Gasteiger charge is -2.10. The lowest BCUT2D eigenvalue weighted by Crippen LogP contribution is -2.33. The van der Waals surface area contributed by atoms with E-state index < -0.39 is 0 Å². The average Bonchev–Trinajstić information content (AvgIpc) is 2.92. The van der Waals surface area contributed by atoms with Crippen LogP contribution in [-0.4, -0.2) is 38.8 Å². The van der Waals surface area contributed by atoms with Crippen LogP contribution in [-0.2, 0) is 9.47 Å². The number of nitrogens with zero attached hydrogens (tertiary/aromatic N) is 1. The predicted octanol–water partition coefficient (Wildman–Crippen LogP) is 2.07. The maximum atomic E-state index is 11.8. The summed E-state index contributed by atoms with van der Waals surface area (Å²) in [5.74, 6) is 0.382. The van der Waals surface area contributed by atoms with Gasteiger partial charge >= 0.3 is 0 Å². The molecule has 0 saturated carbocycles. The Balaban J connectivity index is 2.54. The Hall–Kier alpha value is -1.82. The molecule has 6 heteroatoms. The molecule has 0 radical (unpaired) electrons. The molecule has 20 heavy (non-hydrogen) atoms. The van der Waals surface area contributed by atoms with Gasteiger partial charge in [-0.3, -0.25) is 10.1 Å². The number of hydrogen-bond acceptors (Lipinski definition) is 5. The van der Waals surface area contributed by atoms with Crippen molar-refractivity contribution in [3.63, 3.8) is 0 Å². The first-order valence-electron chi connectivity index (χ1n) is 6.64. The van der Waals surface area contributed by atoms with E-state index in [1.807, 2.05) is 0 Å². The van der Waals surface area contributed by atoms with Gasteiger partial charge in [0.25, 0.3) is 11.9 Å². The molecule has 1 heterocycles. The van der Waals surface area contributed by atoms with Gasteiger partial charge < -0.3 is 13.9 Å². The fraction of sp³-hybridized carbons (Fsp3) is 0.571. The van der Waals surface area contributed by atoms with Crippen LogP contribution < -0.4 is 5.32 Å². The largest absolute Gasteiger partial charge is 0.463 e. The van der Waals surface area contributed by atoms with E-state index in [2.05, 4.69) is 24.2 Å². The van der Waals surface area contributed by atoms with Gasteiger partial charge in [-0.25, -0.2) is 4.99 Å². The van der Waals surface area contributed by atoms with Gasteiger partial charge in [-0.2, -0.15) is 0 Å². The second kappa shape index (κ2) is 9.14. The zero-order chi connectivity index (χ0) is 14.8. The highest BCUT2D eigenvalue weighted by Crippen LogP contribution is 2.01. The number of nitrogens with one attached hydrogen (secondary N) is 1. The van der Waals surface area contributed by atoms with Gasteiger partial charge in [-0.05, 0) is 24.5 Å². The summed E-state index contributed by atoms with van der Waals surface area (Å²) in [6.07, 6.45) is 2.37. The second-order valence-corrected chi connectivity index (χ2v) is 4.64. The molecule has 0 aliphatic rings. The number of aliphatic imine (C=N–C) groups is 1. The van der Waals surface area contributed by atoms with E-state index in [0.29, 0.717) is 25.7 Å². The smallest absolute Gasteiger partial charge is 0.294 e. The van der Waals surface area contributed by atoms with Crippen molar-refractivity contribution in [2.75, 3.05) is 26.9 Å². The normalized spacial score (nSPS) is 11.7. The molecule has 0 aliphatic heterocycles. The van der Waals surface area contributed by atoms with Crippen LogP contribution in [0.4, 0.5) is 0 Å². The molecule has 0 atom stereocenters. The quantitative estimate of drug-likeness (QED) is 0.472. The van der Waals surface area contributed by atoms with Gasteiger partial charge in [0.1, 0.15) is 6.61 Å². The third-order valence-corrected chi connectivity index (χ3v) is 2.45. The van der Waals surface area contributed by atoms with E-state index >= 15 is 0 Å². The molecule has 1 N–H and O–H groups in total. The van der Waals surface area contributed by atoms with Gasteiger partial charge in [0, 0.05) is 13.7 Å². The van der Waals surface area contributed by atoms with E-state index in [1.54, 1.807) is 19.2 Å². The van der Waals surface area contributed by atoms with Crippen molar-refractivity contribution < 1.29 is 18.7 Å². The topological polar surface area (TPSA) is 73.1 Å². The Morgan fingerprint density at radius 2 is 2.25 bits per heavy atom. The van der Waals surface area contributed by atoms with E-state index in [0.717, 1.165) is 6.42 Å². The molecular formula is C14H22N2O4. The maximum absolute atomic E-state index is 11.8. The number of rotatable bonds is 7. The van der Waals surface area contributed by atoms with E-state index in [9.17, 15) is 4.79 Å². The third-order valence-electron chi connectivity index (χ3n) is 2.45. The van der Waals surface area contributed by atoms with Gasteiger partial charge in [-0.1, -0.05) is 13.8 Å². The van der Waals surface area contributed by atoms with Gasteiger partial charge in [0.05, 0.1) is 12.9 Å². The number of hydrogen-bond donors (Lipinski definition) is 1. The SMILES string of the molecule is COCCOC(=NCCC(C)C)NC(=O)c1ccco1. The lowest BCUT2D eigenvalue weighted by atomic mass is 10.1. The number of amides is 1. The first-order valence-corrected chi connectivity index (χ1v) is 6.64. The Labute approximate surface area is 119 Å². The Morgan fingerprint density at radius 3 is 2.85 bits per heavy atom. The van der Waals surface area contributed by atoms with Crippen molar-refractivity contribution >= 4 is 11.9 Å². The minimum Gasteiger partial charge on any atom is -0.463 e. The highest BCUT2D eigenvalue weighted by Gasteiger charge is 2.12. The lowest BCUT2D eigenvalue weighted by molar-refractivity contribution is 0.0927. The fourth-order valence-electron chi connectivity index (χ4n) is 1.33. The molecule has 0 spiro atoms. The monoisotopic (exact) mass is 282 g/mol. The highest BCUT2D eigenvalue weighted by molar-refractivity contribution is 6.02. The van der Waals surface area contributed by atoms with E-state index in [4.69, 9.17) is 13.9 Å². The molecule has 1 aromatic rings. The molecule has 1 amide bonds. The molecule has 1 aromatic heterocycles. The summed E-state index contributed by atoms with van der Waals surface area (Å²) in [7, 11) is 1.58. The Morgan fingerprint density at radius 1 is 1.45 bits per heavy atom. The van der Waals surface area contributed by atoms with Crippen molar-refractivity contribution in [3.8, 4) is 0 Å². The molecule has 6 nitrogen and oxygen atoms in total. The zero-order valence-electron chi connectivity index (χ0n) is 12.2. The molecule has 0 aromatic carbocycles. The maximum Gasteiger partial charge on any atom is 0.294 e. The molecule has 112 valence electrons. The Bertz CT molecular complexity index is 413. The van der Waals surface area contributed by atoms with Crippen LogP contribution >= 0.6 is 0 Å². The van der Waals surface area contributed by atoms with Gasteiger partial charge in [-0.15, -0.1) is 0 Å². The second-order valence-electron chi connectivity index (χ2n) is 4.64. The van der Waals surface area contributed by atoms with Gasteiger partial charge in [0.15, 0.2) is 5.76 Å². The minimum absolute atomic E-state index is 0.198. The molecule has 0 bridgehead atoms. The van der Waals surface area contributed by atoms with Crippen LogP contribution in [0.25, 0.3) is 0 Å². The molecule has 0 aliphatic carbocycles. The molecule has 0 unspecified atom stereocenters. The Kier molecular flexibility index (Phi) is 7.42. The zero-order valence-corrected chi connectivity index (χ0v) is 12.2. The number of amidine groups is 1. The summed E-state index contributed by atoms with van der Waals surface area (Å²) in [5, 5.41) is 2.59. The summed E-state index contributed by atoms with van der Waals surface area (Å²) in [6, 6.07) is 3.43. The van der Waals surface area contributed by atoms with Crippen LogP contribution in [0.1, 0.15) is 30.8 Å². The van der Waals surface area contributed by atoms with E-state index in [1.165, 1.54) is 6.26 Å². The molecule has 1 rings (SSSR count). The highest BCUT2D eigenvalue weighted by atomic mass is 16.5. The standard InChI is InChI=1S/C14H22N2O4/c1-11(2)6-7-15-14(20-10-9-18-3)16-13(17)12-5-4-8-19-12/h4-5,8,11H,6-7,9-10H2,1-3H3,(H,15,16,17). The summed E-state index contributed by atoms with van der Waals surface area (Å²) in [6.45, 7) is 5.58. The third kappa shape index (κ3) is 6.38. The van der Waals surface area contributed by atoms with E-state index in [-0.39, 0.29) is 17.7 Å². The van der Waals surface area contributed by atoms with Crippen LogP contribution in [0, 0.1) is 5.92 Å². The molecule has 0 fully saturated rings. The number of carbonyl (C=O) groups excluding carboxylic acids is 1. The van der Waals surface area contributed by atoms with Crippen LogP contribution in [0.2, 0.25) is 0 Å². The van der Waals surface area contributed by atoms with Crippen LogP contribution in [0.5, 0.6) is 0 Å². The summed E-state index contributed by atoms with van der Waals surface area (Å²) >= 11 is 0. The summed E-state index contributed by atoms with van der Waals surface area (Å²) in [4.78, 5) is 16.1. The summed E-state index contributed by atoms with van der Waals surface area (Å²) in [5.41, 5.74) is 0. The van der Waals surface area contributed by atoms with Crippen molar-refractivity contribution in [3.05, 3.63) is 24.2 Å². The number of methoxy groups -OCH3 is 1. The van der Waals surface area contributed by atoms with Gasteiger partial charge in [0.2, 0.25) is 0 Å². The first-order chi connectivity index (χ1) is 9.63. The molecule has 0 saturated heterocycles. The first kappa shape index (κ1) is 16.2. The summed E-state index contributed by atoms with van der Waals surface area (Å²) < 4.78 is 15.3. The minimum atomic E-state index is -0.379. The number of furan rings is 1.